The molecule has 0 heterocycles. The lowest BCUT2D eigenvalue weighted by Gasteiger charge is -2.15. The van der Waals surface area contributed by atoms with E-state index >= 15 is 0 Å². The lowest BCUT2D eigenvalue weighted by Crippen LogP contribution is -2.17. The van der Waals surface area contributed by atoms with E-state index in [1.54, 1.807) is 0 Å². The van der Waals surface area contributed by atoms with Crippen LogP contribution < -0.4 is 0 Å². The van der Waals surface area contributed by atoms with Crippen LogP contribution in [0.15, 0.2) is 11.1 Å². The number of hydrogen-bond acceptors (Lipinski definition) is 1. The lowest BCUT2D eigenvalue weighted by molar-refractivity contribution is -0.119. The monoisotopic (exact) mass is 218 g/mol. The molecule has 0 aromatic heterocycles. The second kappa shape index (κ2) is 4.35. The van der Waals surface area contributed by atoms with Crippen molar-refractivity contribution >= 4 is 5.78 Å². The molecule has 0 saturated heterocycles. The second-order valence-corrected chi connectivity index (χ2v) is 5.84. The van der Waals surface area contributed by atoms with Crippen LogP contribution in [0.2, 0.25) is 0 Å². The van der Waals surface area contributed by atoms with Crippen molar-refractivity contribution in [2.75, 3.05) is 0 Å². The van der Waals surface area contributed by atoms with Crippen molar-refractivity contribution in [1.82, 2.24) is 0 Å². The normalized spacial score (nSPS) is 32.0. The first-order valence-electron chi connectivity index (χ1n) is 7.11. The van der Waals surface area contributed by atoms with Crippen LogP contribution >= 0.6 is 0 Å². The van der Waals surface area contributed by atoms with E-state index in [4.69, 9.17) is 0 Å². The molecule has 0 amide bonds. The van der Waals surface area contributed by atoms with Gasteiger partial charge in [-0.15, -0.1) is 0 Å². The SMILES string of the molecule is O=C1C(=C2CCCC2)CCC1C1CCCC1. The minimum absolute atomic E-state index is 0.422. The summed E-state index contributed by atoms with van der Waals surface area (Å²) in [6.45, 7) is 0. The number of carbonyl (C=O) groups excluding carboxylic acids is 1. The van der Waals surface area contributed by atoms with E-state index in [0.29, 0.717) is 11.7 Å². The van der Waals surface area contributed by atoms with E-state index in [-0.39, 0.29) is 0 Å². The summed E-state index contributed by atoms with van der Waals surface area (Å²) in [5, 5.41) is 0. The van der Waals surface area contributed by atoms with Crippen LogP contribution in [0.1, 0.15) is 64.2 Å². The average Bonchev–Trinajstić information content (AvgIpc) is 2.96. The molecule has 3 aliphatic rings. The van der Waals surface area contributed by atoms with Crippen molar-refractivity contribution in [3.05, 3.63) is 11.1 Å². The first kappa shape index (κ1) is 10.6. The minimum Gasteiger partial charge on any atom is -0.294 e. The summed E-state index contributed by atoms with van der Waals surface area (Å²) in [6.07, 6.45) is 12.7. The molecule has 88 valence electrons. The molecule has 0 spiro atoms. The Morgan fingerprint density at radius 1 is 0.812 bits per heavy atom. The van der Waals surface area contributed by atoms with E-state index in [2.05, 4.69) is 0 Å². The maximum atomic E-state index is 12.4. The molecule has 1 heteroatoms. The predicted octanol–water partition coefficient (Wildman–Crippen LogP) is 4.03. The van der Waals surface area contributed by atoms with Crippen LogP contribution in [-0.2, 0) is 4.79 Å². The highest BCUT2D eigenvalue weighted by molar-refractivity contribution is 6.00. The van der Waals surface area contributed by atoms with Gasteiger partial charge in [-0.1, -0.05) is 18.4 Å². The Morgan fingerprint density at radius 3 is 2.19 bits per heavy atom. The van der Waals surface area contributed by atoms with Crippen molar-refractivity contribution in [1.29, 1.82) is 0 Å². The van der Waals surface area contributed by atoms with Gasteiger partial charge in [0.15, 0.2) is 5.78 Å². The molecular formula is C15H22O. The Bertz CT molecular complexity index is 312. The third-order valence-corrected chi connectivity index (χ3v) is 4.94. The highest BCUT2D eigenvalue weighted by Gasteiger charge is 2.37. The minimum atomic E-state index is 0.422. The molecule has 0 aromatic carbocycles. The van der Waals surface area contributed by atoms with E-state index in [9.17, 15) is 4.79 Å². The molecule has 1 unspecified atom stereocenters. The highest BCUT2D eigenvalue weighted by atomic mass is 16.1. The average molecular weight is 218 g/mol. The molecule has 0 aliphatic heterocycles. The number of allylic oxidation sites excluding steroid dienone is 2. The molecule has 3 rings (SSSR count). The highest BCUT2D eigenvalue weighted by Crippen LogP contribution is 2.43. The molecule has 3 aliphatic carbocycles. The largest absolute Gasteiger partial charge is 0.294 e. The van der Waals surface area contributed by atoms with E-state index in [0.717, 1.165) is 12.3 Å². The van der Waals surface area contributed by atoms with Crippen LogP contribution in [0, 0.1) is 11.8 Å². The van der Waals surface area contributed by atoms with E-state index in [1.807, 2.05) is 0 Å². The Balaban J connectivity index is 1.76. The Hall–Kier alpha value is -0.590. The molecule has 3 saturated carbocycles. The number of Topliss-reactive ketones (excluding diaryl/α,β-unsaturated/α-hetero) is 1. The maximum absolute atomic E-state index is 12.4. The van der Waals surface area contributed by atoms with Crippen LogP contribution in [-0.4, -0.2) is 5.78 Å². The van der Waals surface area contributed by atoms with E-state index in [1.165, 1.54) is 68.9 Å². The smallest absolute Gasteiger partial charge is 0.162 e. The standard InChI is InChI=1S/C15H22O/c16-15-13(11-5-1-2-6-11)9-10-14(15)12-7-3-4-8-12/h11,13H,1-10H2. The lowest BCUT2D eigenvalue weighted by atomic mass is 9.88. The Morgan fingerprint density at radius 2 is 1.50 bits per heavy atom. The zero-order chi connectivity index (χ0) is 11.0. The molecular weight excluding hydrogens is 196 g/mol. The zero-order valence-corrected chi connectivity index (χ0v) is 10.1. The summed E-state index contributed by atoms with van der Waals surface area (Å²) >= 11 is 0. The summed E-state index contributed by atoms with van der Waals surface area (Å²) in [5.41, 5.74) is 2.81. The van der Waals surface area contributed by atoms with Crippen LogP contribution in [0.5, 0.6) is 0 Å². The van der Waals surface area contributed by atoms with Gasteiger partial charge in [0, 0.05) is 5.92 Å². The van der Waals surface area contributed by atoms with Gasteiger partial charge in [0.1, 0.15) is 0 Å². The van der Waals surface area contributed by atoms with E-state index < -0.39 is 0 Å². The van der Waals surface area contributed by atoms with Crippen LogP contribution in [0.25, 0.3) is 0 Å². The fraction of sp³-hybridized carbons (Fsp3) is 0.800. The Labute approximate surface area is 98.3 Å². The van der Waals surface area contributed by atoms with Gasteiger partial charge in [-0.3, -0.25) is 4.79 Å². The molecule has 1 nitrogen and oxygen atoms in total. The van der Waals surface area contributed by atoms with Gasteiger partial charge in [-0.05, 0) is 62.9 Å². The number of rotatable bonds is 1. The third-order valence-electron chi connectivity index (χ3n) is 4.94. The first-order chi connectivity index (χ1) is 7.86. The van der Waals surface area contributed by atoms with Crippen molar-refractivity contribution in [3.8, 4) is 0 Å². The van der Waals surface area contributed by atoms with Gasteiger partial charge < -0.3 is 0 Å². The number of ketones is 1. The zero-order valence-electron chi connectivity index (χ0n) is 10.1. The molecule has 0 radical (unpaired) electrons. The fourth-order valence-electron chi connectivity index (χ4n) is 4.04. The quantitative estimate of drug-likeness (QED) is 0.607. The summed E-state index contributed by atoms with van der Waals surface area (Å²) in [4.78, 5) is 12.4. The van der Waals surface area contributed by atoms with Gasteiger partial charge in [-0.2, -0.15) is 0 Å². The van der Waals surface area contributed by atoms with Gasteiger partial charge in [0.2, 0.25) is 0 Å². The summed E-state index contributed by atoms with van der Waals surface area (Å²) in [6, 6.07) is 0. The Kier molecular flexibility index (Phi) is 2.87. The van der Waals surface area contributed by atoms with Gasteiger partial charge >= 0.3 is 0 Å². The number of hydrogen-bond donors (Lipinski definition) is 0. The van der Waals surface area contributed by atoms with Crippen molar-refractivity contribution < 1.29 is 4.79 Å². The predicted molar refractivity (Wildman–Crippen MR) is 65.2 cm³/mol. The second-order valence-electron chi connectivity index (χ2n) is 5.84. The molecule has 3 fully saturated rings. The van der Waals surface area contributed by atoms with Crippen LogP contribution in [0.3, 0.4) is 0 Å². The summed E-state index contributed by atoms with van der Waals surface area (Å²) < 4.78 is 0. The van der Waals surface area contributed by atoms with Crippen LogP contribution in [0.4, 0.5) is 0 Å². The topological polar surface area (TPSA) is 17.1 Å². The maximum Gasteiger partial charge on any atom is 0.162 e. The van der Waals surface area contributed by atoms with Gasteiger partial charge in [-0.25, -0.2) is 0 Å². The van der Waals surface area contributed by atoms with Crippen molar-refractivity contribution in [2.45, 2.75) is 64.2 Å². The first-order valence-corrected chi connectivity index (χ1v) is 7.11. The molecule has 0 bridgehead atoms. The fourth-order valence-corrected chi connectivity index (χ4v) is 4.04. The van der Waals surface area contributed by atoms with Crippen molar-refractivity contribution in [2.24, 2.45) is 11.8 Å². The molecule has 0 aromatic rings. The van der Waals surface area contributed by atoms with Crippen molar-refractivity contribution in [3.63, 3.8) is 0 Å². The number of carbonyl (C=O) groups is 1. The van der Waals surface area contributed by atoms with Gasteiger partial charge in [0.05, 0.1) is 0 Å². The third kappa shape index (κ3) is 1.74. The molecule has 0 N–H and O–H groups in total. The summed E-state index contributed by atoms with van der Waals surface area (Å²) in [5.74, 6) is 1.72. The van der Waals surface area contributed by atoms with Gasteiger partial charge in [0.25, 0.3) is 0 Å². The molecule has 16 heavy (non-hydrogen) atoms. The molecule has 1 atom stereocenters. The summed E-state index contributed by atoms with van der Waals surface area (Å²) in [7, 11) is 0.